The number of aryl methyl sites for hydroxylation is 1. The lowest BCUT2D eigenvalue weighted by Crippen LogP contribution is -2.50. The molecular formula is C23H22F3N5O5. The SMILES string of the molecule is Cc1nc(N[C@H](C)c2cccc(C(F)F)c2F)c2cc([N+](=O)[O-])c(N3CCOCC3C(=O)O)cc2n1. The number of benzene rings is 2. The number of nitrogens with one attached hydrogen (secondary N) is 1. The Labute approximate surface area is 202 Å². The number of aromatic nitrogens is 2. The van der Waals surface area contributed by atoms with Crippen molar-refractivity contribution in [3.8, 4) is 0 Å². The summed E-state index contributed by atoms with van der Waals surface area (Å²) >= 11 is 0. The van der Waals surface area contributed by atoms with E-state index in [4.69, 9.17) is 4.74 Å². The molecule has 1 fully saturated rings. The fourth-order valence-corrected chi connectivity index (χ4v) is 4.21. The van der Waals surface area contributed by atoms with Crippen LogP contribution in [0.3, 0.4) is 0 Å². The van der Waals surface area contributed by atoms with Crippen molar-refractivity contribution in [3.05, 3.63) is 63.2 Å². The maximum Gasteiger partial charge on any atom is 0.328 e. The van der Waals surface area contributed by atoms with E-state index < -0.39 is 40.8 Å². The number of carboxylic acid groups (broad SMARTS) is 1. The van der Waals surface area contributed by atoms with Crippen LogP contribution < -0.4 is 10.2 Å². The summed E-state index contributed by atoms with van der Waals surface area (Å²) in [5, 5.41) is 24.7. The minimum atomic E-state index is -2.99. The number of nitro benzene ring substituents is 1. The molecule has 2 atom stereocenters. The average molecular weight is 505 g/mol. The molecule has 190 valence electrons. The molecule has 0 saturated carbocycles. The molecule has 2 N–H and O–H groups in total. The quantitative estimate of drug-likeness (QED) is 0.355. The van der Waals surface area contributed by atoms with Crippen LogP contribution in [-0.2, 0) is 9.53 Å². The first-order valence-corrected chi connectivity index (χ1v) is 11.0. The summed E-state index contributed by atoms with van der Waals surface area (Å²) < 4.78 is 46.2. The van der Waals surface area contributed by atoms with Gasteiger partial charge < -0.3 is 20.1 Å². The van der Waals surface area contributed by atoms with E-state index in [1.807, 2.05) is 0 Å². The molecule has 1 unspecified atom stereocenters. The summed E-state index contributed by atoms with van der Waals surface area (Å²) in [5.41, 5.74) is -0.777. The highest BCUT2D eigenvalue weighted by molar-refractivity contribution is 5.96. The molecule has 0 radical (unpaired) electrons. The van der Waals surface area contributed by atoms with Gasteiger partial charge >= 0.3 is 5.97 Å². The van der Waals surface area contributed by atoms with Gasteiger partial charge in [-0.25, -0.2) is 27.9 Å². The molecule has 2 aromatic carbocycles. The number of nitrogens with zero attached hydrogens (tertiary/aromatic N) is 4. The first kappa shape index (κ1) is 25.1. The predicted molar refractivity (Wildman–Crippen MR) is 124 cm³/mol. The van der Waals surface area contributed by atoms with E-state index in [0.29, 0.717) is 0 Å². The Morgan fingerprint density at radius 2 is 2.03 bits per heavy atom. The van der Waals surface area contributed by atoms with Gasteiger partial charge in [-0.2, -0.15) is 0 Å². The molecular weight excluding hydrogens is 483 g/mol. The Balaban J connectivity index is 1.81. The summed E-state index contributed by atoms with van der Waals surface area (Å²) in [5.74, 6) is -1.82. The molecule has 1 aliphatic heterocycles. The molecule has 4 rings (SSSR count). The van der Waals surface area contributed by atoms with Gasteiger partial charge in [0.25, 0.3) is 12.1 Å². The number of anilines is 2. The summed E-state index contributed by atoms with van der Waals surface area (Å²) in [4.78, 5) is 33.1. The first-order valence-electron chi connectivity index (χ1n) is 11.0. The van der Waals surface area contributed by atoms with Crippen molar-refractivity contribution in [1.29, 1.82) is 0 Å². The Hall–Kier alpha value is -4.00. The van der Waals surface area contributed by atoms with Gasteiger partial charge in [-0.15, -0.1) is 0 Å². The lowest BCUT2D eigenvalue weighted by Gasteiger charge is -2.34. The highest BCUT2D eigenvalue weighted by Crippen LogP contribution is 2.37. The normalized spacial score (nSPS) is 16.8. The lowest BCUT2D eigenvalue weighted by molar-refractivity contribution is -0.384. The number of hydrogen-bond donors (Lipinski definition) is 2. The molecule has 10 nitrogen and oxygen atoms in total. The van der Waals surface area contributed by atoms with Crippen LogP contribution in [-0.4, -0.2) is 51.8 Å². The van der Waals surface area contributed by atoms with E-state index in [2.05, 4.69) is 15.3 Å². The minimum Gasteiger partial charge on any atom is -0.480 e. The maximum absolute atomic E-state index is 14.7. The molecule has 0 aliphatic carbocycles. The maximum atomic E-state index is 14.7. The zero-order valence-corrected chi connectivity index (χ0v) is 19.2. The Morgan fingerprint density at radius 1 is 1.31 bits per heavy atom. The molecule has 0 spiro atoms. The van der Waals surface area contributed by atoms with Gasteiger partial charge in [0.1, 0.15) is 23.1 Å². The summed E-state index contributed by atoms with van der Waals surface area (Å²) in [6.45, 7) is 3.31. The van der Waals surface area contributed by atoms with Crippen LogP contribution in [0.2, 0.25) is 0 Å². The van der Waals surface area contributed by atoms with Crippen LogP contribution in [0.4, 0.5) is 30.4 Å². The zero-order chi connectivity index (χ0) is 26.1. The smallest absolute Gasteiger partial charge is 0.328 e. The third kappa shape index (κ3) is 4.73. The van der Waals surface area contributed by atoms with Crippen LogP contribution in [0.15, 0.2) is 30.3 Å². The van der Waals surface area contributed by atoms with Crippen molar-refractivity contribution in [2.45, 2.75) is 32.4 Å². The fraction of sp³-hybridized carbons (Fsp3) is 0.348. The van der Waals surface area contributed by atoms with Gasteiger partial charge in [-0.3, -0.25) is 10.1 Å². The number of morpholine rings is 1. The predicted octanol–water partition coefficient (Wildman–Crippen LogP) is 4.39. The average Bonchev–Trinajstić information content (AvgIpc) is 2.82. The molecule has 13 heteroatoms. The van der Waals surface area contributed by atoms with Gasteiger partial charge in [0.2, 0.25) is 0 Å². The fourth-order valence-electron chi connectivity index (χ4n) is 4.21. The number of fused-ring (bicyclic) bond motifs is 1. The largest absolute Gasteiger partial charge is 0.480 e. The van der Waals surface area contributed by atoms with Crippen molar-refractivity contribution in [1.82, 2.24) is 9.97 Å². The van der Waals surface area contributed by atoms with Crippen LogP contribution in [0.5, 0.6) is 0 Å². The van der Waals surface area contributed by atoms with Crippen molar-refractivity contribution in [2.24, 2.45) is 0 Å². The number of hydrogen-bond acceptors (Lipinski definition) is 8. The lowest BCUT2D eigenvalue weighted by atomic mass is 10.0. The zero-order valence-electron chi connectivity index (χ0n) is 19.2. The molecule has 2 heterocycles. The second-order valence-corrected chi connectivity index (χ2v) is 8.27. The van der Waals surface area contributed by atoms with Crippen molar-refractivity contribution >= 4 is 34.1 Å². The van der Waals surface area contributed by atoms with Crippen LogP contribution in [0.25, 0.3) is 10.9 Å². The van der Waals surface area contributed by atoms with E-state index in [9.17, 15) is 33.2 Å². The Morgan fingerprint density at radius 3 is 2.69 bits per heavy atom. The number of halogens is 3. The summed E-state index contributed by atoms with van der Waals surface area (Å²) in [6, 6.07) is 4.37. The molecule has 1 aromatic heterocycles. The molecule has 0 amide bonds. The van der Waals surface area contributed by atoms with Crippen LogP contribution in [0.1, 0.15) is 36.3 Å². The third-order valence-electron chi connectivity index (χ3n) is 5.94. The van der Waals surface area contributed by atoms with Gasteiger partial charge in [-0.05, 0) is 19.9 Å². The number of carbonyl (C=O) groups is 1. The highest BCUT2D eigenvalue weighted by Gasteiger charge is 2.34. The molecule has 0 bridgehead atoms. The van der Waals surface area contributed by atoms with E-state index in [-0.39, 0.29) is 59.2 Å². The number of nitro groups is 1. The molecule has 1 saturated heterocycles. The first-order chi connectivity index (χ1) is 17.1. The molecule has 36 heavy (non-hydrogen) atoms. The standard InChI is InChI=1S/C23H22F3N5O5/c1-11(13-4-3-5-14(20(13)24)21(25)26)27-22-15-8-18(31(34)35)17(9-16(15)28-12(2)29-22)30-6-7-36-10-19(30)23(32)33/h3-5,8-9,11,19,21H,6-7,10H2,1-2H3,(H,32,33)(H,27,28,29)/t11-,19?/m1/s1. The third-order valence-corrected chi connectivity index (χ3v) is 5.94. The topological polar surface area (TPSA) is 131 Å². The molecule has 3 aromatic rings. The van der Waals surface area contributed by atoms with Gasteiger partial charge in [-0.1, -0.05) is 18.2 Å². The number of ether oxygens (including phenoxy) is 1. The summed E-state index contributed by atoms with van der Waals surface area (Å²) in [6.07, 6.45) is -2.99. The number of rotatable bonds is 7. The van der Waals surface area contributed by atoms with E-state index in [0.717, 1.165) is 6.07 Å². The van der Waals surface area contributed by atoms with Gasteiger partial charge in [0.05, 0.1) is 35.3 Å². The minimum absolute atomic E-state index is 0.0269. The van der Waals surface area contributed by atoms with Crippen molar-refractivity contribution in [3.63, 3.8) is 0 Å². The monoisotopic (exact) mass is 505 g/mol. The van der Waals surface area contributed by atoms with E-state index in [1.165, 1.54) is 29.2 Å². The van der Waals surface area contributed by atoms with E-state index in [1.54, 1.807) is 13.8 Å². The summed E-state index contributed by atoms with van der Waals surface area (Å²) in [7, 11) is 0. The van der Waals surface area contributed by atoms with Gasteiger partial charge in [0, 0.05) is 23.6 Å². The number of aliphatic carboxylic acids is 1. The second kappa shape index (κ2) is 9.93. The van der Waals surface area contributed by atoms with Crippen LogP contribution in [0, 0.1) is 22.9 Å². The number of alkyl halides is 2. The highest BCUT2D eigenvalue weighted by atomic mass is 19.3. The second-order valence-electron chi connectivity index (χ2n) is 8.27. The number of carboxylic acids is 1. The molecule has 1 aliphatic rings. The van der Waals surface area contributed by atoms with Gasteiger partial charge in [0.15, 0.2) is 6.04 Å². The van der Waals surface area contributed by atoms with Crippen molar-refractivity contribution in [2.75, 3.05) is 30.0 Å². The Bertz CT molecular complexity index is 1340. The Kier molecular flexibility index (Phi) is 6.93. The van der Waals surface area contributed by atoms with E-state index >= 15 is 0 Å². The van der Waals surface area contributed by atoms with Crippen molar-refractivity contribution < 1.29 is 32.7 Å². The van der Waals surface area contributed by atoms with Crippen LogP contribution >= 0.6 is 0 Å².